The molecule has 0 amide bonds. The van der Waals surface area contributed by atoms with Gasteiger partial charge in [-0.2, -0.15) is 8.42 Å². The fourth-order valence-corrected chi connectivity index (χ4v) is 5.78. The quantitative estimate of drug-likeness (QED) is 0.0299. The van der Waals surface area contributed by atoms with Crippen LogP contribution in [0.2, 0.25) is 0 Å². The molecule has 0 spiro atoms. The van der Waals surface area contributed by atoms with Crippen LogP contribution < -0.4 is 0 Å². The largest absolute Gasteiger partial charge is 0.457 e. The molecule has 0 aliphatic carbocycles. The highest BCUT2D eigenvalue weighted by Crippen LogP contribution is 2.26. The van der Waals surface area contributed by atoms with Crippen LogP contribution >= 0.6 is 0 Å². The highest BCUT2D eigenvalue weighted by molar-refractivity contribution is 7.80. The Kier molecular flexibility index (Phi) is 26.8. The summed E-state index contributed by atoms with van der Waals surface area (Å²) < 4.78 is 58.5. The zero-order valence-electron chi connectivity index (χ0n) is 29.7. The molecular formula is C36H64O12S. The molecule has 0 aromatic heterocycles. The molecule has 0 bridgehead atoms. The SMILES string of the molecule is CC/C=C\C/C=C\C/C=C\CCCCCCCCOCC(COC1OC(CO)C(O)C(OS(=O)(=O)O)C1O)OC(=O)CCCCCCCC. The molecular weight excluding hydrogens is 656 g/mol. The summed E-state index contributed by atoms with van der Waals surface area (Å²) in [7, 11) is -5.05. The molecule has 1 aliphatic heterocycles. The maximum absolute atomic E-state index is 12.6. The van der Waals surface area contributed by atoms with Crippen molar-refractivity contribution in [1.82, 2.24) is 0 Å². The van der Waals surface area contributed by atoms with E-state index in [9.17, 15) is 28.5 Å². The van der Waals surface area contributed by atoms with Crippen LogP contribution in [0.4, 0.5) is 0 Å². The third-order valence-corrected chi connectivity index (χ3v) is 8.49. The van der Waals surface area contributed by atoms with Crippen LogP contribution in [0.15, 0.2) is 36.5 Å². The fourth-order valence-electron chi connectivity index (χ4n) is 5.27. The van der Waals surface area contributed by atoms with Crippen LogP contribution in [0.5, 0.6) is 0 Å². The lowest BCUT2D eigenvalue weighted by Crippen LogP contribution is -2.60. The normalized spacial score (nSPS) is 22.4. The van der Waals surface area contributed by atoms with Gasteiger partial charge >= 0.3 is 16.4 Å². The van der Waals surface area contributed by atoms with E-state index in [4.69, 9.17) is 23.5 Å². The summed E-state index contributed by atoms with van der Waals surface area (Å²) in [6, 6.07) is 0. The van der Waals surface area contributed by atoms with Crippen LogP contribution in [0.3, 0.4) is 0 Å². The lowest BCUT2D eigenvalue weighted by molar-refractivity contribution is -0.301. The van der Waals surface area contributed by atoms with Gasteiger partial charge in [0.1, 0.15) is 30.5 Å². The summed E-state index contributed by atoms with van der Waals surface area (Å²) in [5, 5.41) is 30.4. The molecule has 1 fully saturated rings. The zero-order valence-corrected chi connectivity index (χ0v) is 30.6. The van der Waals surface area contributed by atoms with Gasteiger partial charge in [0.25, 0.3) is 0 Å². The van der Waals surface area contributed by atoms with E-state index in [1.54, 1.807) is 0 Å². The van der Waals surface area contributed by atoms with Crippen molar-refractivity contribution in [1.29, 1.82) is 0 Å². The Balaban J connectivity index is 2.47. The van der Waals surface area contributed by atoms with Gasteiger partial charge in [-0.05, 0) is 44.9 Å². The highest BCUT2D eigenvalue weighted by atomic mass is 32.3. The Morgan fingerprint density at radius 3 is 2.06 bits per heavy atom. The van der Waals surface area contributed by atoms with Gasteiger partial charge < -0.3 is 34.3 Å². The van der Waals surface area contributed by atoms with Crippen LogP contribution in [-0.4, -0.2) is 97.5 Å². The summed E-state index contributed by atoms with van der Waals surface area (Å²) in [5.41, 5.74) is 0. The van der Waals surface area contributed by atoms with Crippen LogP contribution in [0, 0.1) is 0 Å². The van der Waals surface area contributed by atoms with Crippen molar-refractivity contribution in [2.75, 3.05) is 26.4 Å². The zero-order chi connectivity index (χ0) is 36.2. The van der Waals surface area contributed by atoms with Crippen molar-refractivity contribution < 1.29 is 56.2 Å². The number of ether oxygens (including phenoxy) is 4. The van der Waals surface area contributed by atoms with E-state index in [-0.39, 0.29) is 19.6 Å². The van der Waals surface area contributed by atoms with Crippen molar-refractivity contribution >= 4 is 16.4 Å². The predicted molar refractivity (Wildman–Crippen MR) is 188 cm³/mol. The number of allylic oxidation sites excluding steroid dienone is 6. The van der Waals surface area contributed by atoms with E-state index in [1.807, 2.05) is 0 Å². The summed E-state index contributed by atoms with van der Waals surface area (Å²) in [6.07, 6.45) is 20.8. The highest BCUT2D eigenvalue weighted by Gasteiger charge is 2.48. The van der Waals surface area contributed by atoms with Crippen molar-refractivity contribution in [3.63, 3.8) is 0 Å². The second-order valence-electron chi connectivity index (χ2n) is 12.4. The molecule has 12 nitrogen and oxygen atoms in total. The molecule has 6 atom stereocenters. The number of esters is 1. The standard InChI is InChI=1S/C36H64O12S/c1-3-5-7-9-11-12-13-14-15-16-17-18-19-20-22-24-26-44-28-30(46-32(38)25-23-21-10-8-6-4-2)29-45-36-34(40)35(48-49(41,42)43)33(39)31(27-37)47-36/h5,7,11-12,14-15,30-31,33-37,39-40H,3-4,6,8-10,13,16-29H2,1-2H3,(H,41,42,43)/b7-5-,12-11-,15-14-. The predicted octanol–water partition coefficient (Wildman–Crippen LogP) is 5.90. The average molecular weight is 721 g/mol. The van der Waals surface area contributed by atoms with Gasteiger partial charge in [0.2, 0.25) is 0 Å². The summed E-state index contributed by atoms with van der Waals surface area (Å²) in [5.74, 6) is -0.416. The van der Waals surface area contributed by atoms with E-state index >= 15 is 0 Å². The molecule has 0 radical (unpaired) electrons. The molecule has 1 rings (SSSR count). The Labute approximate surface area is 294 Å². The summed E-state index contributed by atoms with van der Waals surface area (Å²) in [4.78, 5) is 12.6. The average Bonchev–Trinajstić information content (AvgIpc) is 3.06. The van der Waals surface area contributed by atoms with Gasteiger partial charge in [0.15, 0.2) is 6.29 Å². The van der Waals surface area contributed by atoms with Crippen LogP contribution in [-0.2, 0) is 38.3 Å². The number of carbonyl (C=O) groups excluding carboxylic acids is 1. The third kappa shape index (κ3) is 23.4. The second kappa shape index (κ2) is 29.0. The third-order valence-electron chi connectivity index (χ3n) is 8.03. The van der Waals surface area contributed by atoms with E-state index in [2.05, 4.69) is 54.5 Å². The van der Waals surface area contributed by atoms with Crippen molar-refractivity contribution in [3.05, 3.63) is 36.5 Å². The number of carbonyl (C=O) groups is 1. The van der Waals surface area contributed by atoms with E-state index in [1.165, 1.54) is 12.8 Å². The number of rotatable bonds is 30. The minimum atomic E-state index is -5.05. The molecule has 6 unspecified atom stereocenters. The Hall–Kier alpha value is -1.68. The molecule has 1 heterocycles. The molecule has 1 aliphatic rings. The minimum Gasteiger partial charge on any atom is -0.457 e. The summed E-state index contributed by atoms with van der Waals surface area (Å²) >= 11 is 0. The Bertz CT molecular complexity index is 1020. The number of aliphatic hydroxyl groups excluding tert-OH is 3. The van der Waals surface area contributed by atoms with Gasteiger partial charge in [0.05, 0.1) is 19.8 Å². The molecule has 1 saturated heterocycles. The van der Waals surface area contributed by atoms with Crippen molar-refractivity contribution in [2.45, 2.75) is 160 Å². The van der Waals surface area contributed by atoms with Crippen molar-refractivity contribution in [2.24, 2.45) is 0 Å². The van der Waals surface area contributed by atoms with Gasteiger partial charge in [-0.1, -0.05) is 108 Å². The first-order valence-corrected chi connectivity index (χ1v) is 19.6. The number of aliphatic hydroxyl groups is 3. The molecule has 0 aromatic rings. The number of hydrogen-bond donors (Lipinski definition) is 4. The van der Waals surface area contributed by atoms with Crippen LogP contribution in [0.25, 0.3) is 0 Å². The topological polar surface area (TPSA) is 178 Å². The van der Waals surface area contributed by atoms with Gasteiger partial charge in [-0.15, -0.1) is 0 Å². The molecule has 49 heavy (non-hydrogen) atoms. The van der Waals surface area contributed by atoms with E-state index in [0.717, 1.165) is 83.5 Å². The molecule has 0 saturated carbocycles. The maximum Gasteiger partial charge on any atom is 0.397 e. The smallest absolute Gasteiger partial charge is 0.397 e. The van der Waals surface area contributed by atoms with Crippen molar-refractivity contribution in [3.8, 4) is 0 Å². The molecule has 0 aromatic carbocycles. The monoisotopic (exact) mass is 720 g/mol. The Morgan fingerprint density at radius 2 is 1.41 bits per heavy atom. The molecule has 286 valence electrons. The van der Waals surface area contributed by atoms with Gasteiger partial charge in [-0.25, -0.2) is 4.18 Å². The lowest BCUT2D eigenvalue weighted by Gasteiger charge is -2.41. The first kappa shape index (κ1) is 45.3. The minimum absolute atomic E-state index is 0.0268. The lowest BCUT2D eigenvalue weighted by atomic mass is 9.99. The second-order valence-corrected chi connectivity index (χ2v) is 13.5. The summed E-state index contributed by atoms with van der Waals surface area (Å²) in [6.45, 7) is 3.74. The first-order valence-electron chi connectivity index (χ1n) is 18.2. The van der Waals surface area contributed by atoms with E-state index in [0.29, 0.717) is 13.0 Å². The Morgan fingerprint density at radius 1 is 0.796 bits per heavy atom. The van der Waals surface area contributed by atoms with Gasteiger partial charge in [0, 0.05) is 13.0 Å². The van der Waals surface area contributed by atoms with Crippen LogP contribution in [0.1, 0.15) is 123 Å². The molecule has 4 N–H and O–H groups in total. The number of unbranched alkanes of at least 4 members (excludes halogenated alkanes) is 11. The van der Waals surface area contributed by atoms with E-state index < -0.39 is 59.8 Å². The first-order chi connectivity index (χ1) is 23.6. The number of hydrogen-bond acceptors (Lipinski definition) is 11. The molecule has 13 heteroatoms. The van der Waals surface area contributed by atoms with Gasteiger partial charge in [-0.3, -0.25) is 9.35 Å². The maximum atomic E-state index is 12.6. The fraction of sp³-hybridized carbons (Fsp3) is 0.806.